The maximum absolute atomic E-state index is 11.6. The number of amides is 1. The molecule has 1 aromatic rings. The van der Waals surface area contributed by atoms with Crippen LogP contribution in [0.3, 0.4) is 0 Å². The molecule has 2 atom stereocenters. The number of benzene rings is 1. The lowest BCUT2D eigenvalue weighted by molar-refractivity contribution is -0.125. The van der Waals surface area contributed by atoms with Gasteiger partial charge < -0.3 is 15.2 Å². The largest absolute Gasteiger partial charge is 0.488 e. The predicted octanol–water partition coefficient (Wildman–Crippen LogP) is 0.460. The average Bonchev–Trinajstić information content (AvgIpc) is 2.90. The van der Waals surface area contributed by atoms with Gasteiger partial charge in [0.05, 0.1) is 24.9 Å². The van der Waals surface area contributed by atoms with Crippen molar-refractivity contribution in [3.8, 4) is 5.75 Å². The van der Waals surface area contributed by atoms with Gasteiger partial charge in [-0.2, -0.15) is 5.06 Å². The minimum atomic E-state index is -0.687. The van der Waals surface area contributed by atoms with Gasteiger partial charge in [0.2, 0.25) is 0 Å². The Morgan fingerprint density at radius 3 is 3.05 bits per heavy atom. The number of rotatable bonds is 2. The van der Waals surface area contributed by atoms with Crippen molar-refractivity contribution in [2.24, 2.45) is 5.73 Å². The molecule has 6 nitrogen and oxygen atoms in total. The molecule has 3 rings (SSSR count). The van der Waals surface area contributed by atoms with Crippen LogP contribution in [0.4, 0.5) is 5.69 Å². The van der Waals surface area contributed by atoms with Crippen molar-refractivity contribution in [2.75, 3.05) is 18.3 Å². The highest BCUT2D eigenvalue weighted by atomic mass is 16.5. The summed E-state index contributed by atoms with van der Waals surface area (Å²) in [4.78, 5) is 11.6. The molecule has 0 spiro atoms. The van der Waals surface area contributed by atoms with Gasteiger partial charge in [0.15, 0.2) is 0 Å². The molecule has 0 saturated carbocycles. The van der Waals surface area contributed by atoms with Crippen LogP contribution in [0.2, 0.25) is 0 Å². The van der Waals surface area contributed by atoms with E-state index in [-0.39, 0.29) is 6.10 Å². The molecule has 2 aliphatic rings. The van der Waals surface area contributed by atoms with Crippen LogP contribution in [0, 0.1) is 0 Å². The Hall–Kier alpha value is -1.63. The average molecular weight is 264 g/mol. The number of carbonyl (C=O) groups excluding carboxylic acids is 1. The van der Waals surface area contributed by atoms with E-state index in [0.29, 0.717) is 36.1 Å². The predicted molar refractivity (Wildman–Crippen MR) is 67.2 cm³/mol. The van der Waals surface area contributed by atoms with E-state index in [1.165, 1.54) is 0 Å². The first-order valence-electron chi connectivity index (χ1n) is 6.31. The third-order valence-electron chi connectivity index (χ3n) is 3.44. The van der Waals surface area contributed by atoms with E-state index < -0.39 is 11.9 Å². The number of hydrogen-bond donors (Lipinski definition) is 2. The molecule has 1 fully saturated rings. The van der Waals surface area contributed by atoms with Crippen LogP contribution in [-0.2, 0) is 16.0 Å². The second-order valence-corrected chi connectivity index (χ2v) is 4.85. The Labute approximate surface area is 110 Å². The lowest BCUT2D eigenvalue weighted by atomic mass is 9.99. The van der Waals surface area contributed by atoms with Crippen molar-refractivity contribution in [3.05, 3.63) is 23.8 Å². The zero-order valence-electron chi connectivity index (χ0n) is 10.4. The molecule has 2 heterocycles. The SMILES string of the molecule is N[C@H]1Cc2ccc(O[C@@H]3CCOC3)cc2N(O)C1=O. The molecule has 1 amide bonds. The Bertz CT molecular complexity index is 499. The van der Waals surface area contributed by atoms with Crippen LogP contribution in [-0.4, -0.2) is 36.5 Å². The first-order chi connectivity index (χ1) is 9.15. The summed E-state index contributed by atoms with van der Waals surface area (Å²) < 4.78 is 11.0. The van der Waals surface area contributed by atoms with E-state index >= 15 is 0 Å². The minimum Gasteiger partial charge on any atom is -0.488 e. The fourth-order valence-electron chi connectivity index (χ4n) is 2.39. The van der Waals surface area contributed by atoms with Gasteiger partial charge in [-0.15, -0.1) is 0 Å². The lowest BCUT2D eigenvalue weighted by Crippen LogP contribution is -2.47. The number of nitrogens with two attached hydrogens (primary N) is 1. The topological polar surface area (TPSA) is 85.0 Å². The molecular formula is C13H16N2O4. The van der Waals surface area contributed by atoms with Crippen molar-refractivity contribution in [2.45, 2.75) is 25.0 Å². The van der Waals surface area contributed by atoms with Crippen LogP contribution in [0.25, 0.3) is 0 Å². The zero-order chi connectivity index (χ0) is 13.4. The van der Waals surface area contributed by atoms with Gasteiger partial charge in [0, 0.05) is 12.5 Å². The fourth-order valence-corrected chi connectivity index (χ4v) is 2.39. The van der Waals surface area contributed by atoms with Gasteiger partial charge in [0.1, 0.15) is 11.9 Å². The maximum atomic E-state index is 11.6. The van der Waals surface area contributed by atoms with Crippen LogP contribution in [0.5, 0.6) is 5.75 Å². The molecule has 1 aromatic carbocycles. The van der Waals surface area contributed by atoms with E-state index in [9.17, 15) is 10.0 Å². The fraction of sp³-hybridized carbons (Fsp3) is 0.462. The summed E-state index contributed by atoms with van der Waals surface area (Å²) in [5.41, 5.74) is 6.94. The van der Waals surface area contributed by atoms with Gasteiger partial charge in [-0.3, -0.25) is 10.0 Å². The number of hydroxylamine groups is 1. The van der Waals surface area contributed by atoms with Gasteiger partial charge in [-0.25, -0.2) is 0 Å². The van der Waals surface area contributed by atoms with Gasteiger partial charge >= 0.3 is 0 Å². The summed E-state index contributed by atoms with van der Waals surface area (Å²) in [6.45, 7) is 1.28. The molecule has 102 valence electrons. The van der Waals surface area contributed by atoms with Crippen molar-refractivity contribution < 1.29 is 19.5 Å². The Morgan fingerprint density at radius 1 is 1.47 bits per heavy atom. The third kappa shape index (κ3) is 2.30. The number of hydrogen-bond acceptors (Lipinski definition) is 5. The van der Waals surface area contributed by atoms with Crippen LogP contribution < -0.4 is 15.5 Å². The molecule has 6 heteroatoms. The number of anilines is 1. The van der Waals surface area contributed by atoms with E-state index in [0.717, 1.165) is 12.0 Å². The summed E-state index contributed by atoms with van der Waals surface area (Å²) in [7, 11) is 0. The minimum absolute atomic E-state index is 0.0340. The molecular weight excluding hydrogens is 248 g/mol. The number of nitrogens with zero attached hydrogens (tertiary/aromatic N) is 1. The number of fused-ring (bicyclic) bond motifs is 1. The summed E-state index contributed by atoms with van der Waals surface area (Å²) in [5, 5.41) is 10.4. The zero-order valence-corrected chi connectivity index (χ0v) is 10.4. The molecule has 2 aliphatic heterocycles. The highest BCUT2D eigenvalue weighted by Gasteiger charge is 2.30. The van der Waals surface area contributed by atoms with Gasteiger partial charge in [-0.05, 0) is 18.1 Å². The first kappa shape index (κ1) is 12.4. The first-order valence-corrected chi connectivity index (χ1v) is 6.31. The van der Waals surface area contributed by atoms with Crippen molar-refractivity contribution in [3.63, 3.8) is 0 Å². The highest BCUT2D eigenvalue weighted by Crippen LogP contribution is 2.31. The Morgan fingerprint density at radius 2 is 2.32 bits per heavy atom. The molecule has 0 unspecified atom stereocenters. The van der Waals surface area contributed by atoms with Gasteiger partial charge in [-0.1, -0.05) is 6.07 Å². The molecule has 0 aromatic heterocycles. The van der Waals surface area contributed by atoms with E-state index in [1.807, 2.05) is 12.1 Å². The smallest absolute Gasteiger partial charge is 0.267 e. The quantitative estimate of drug-likeness (QED) is 0.758. The standard InChI is InChI=1S/C13H16N2O4/c14-11-5-8-1-2-9(19-10-3-4-18-7-10)6-12(8)15(17)13(11)16/h1-2,6,10-11,17H,3-5,7,14H2/t10-,11+/m1/s1. The molecule has 0 aliphatic carbocycles. The number of ether oxygens (including phenoxy) is 2. The number of carbonyl (C=O) groups is 1. The molecule has 3 N–H and O–H groups in total. The molecule has 0 bridgehead atoms. The van der Waals surface area contributed by atoms with Gasteiger partial charge in [0.25, 0.3) is 5.91 Å². The summed E-state index contributed by atoms with van der Waals surface area (Å²) in [6, 6.07) is 4.63. The van der Waals surface area contributed by atoms with Crippen molar-refractivity contribution in [1.29, 1.82) is 0 Å². The molecule has 19 heavy (non-hydrogen) atoms. The van der Waals surface area contributed by atoms with Crippen LogP contribution in [0.1, 0.15) is 12.0 Å². The van der Waals surface area contributed by atoms with E-state index in [1.54, 1.807) is 6.07 Å². The van der Waals surface area contributed by atoms with Crippen LogP contribution >= 0.6 is 0 Å². The lowest BCUT2D eigenvalue weighted by Gasteiger charge is -2.28. The second-order valence-electron chi connectivity index (χ2n) is 4.85. The third-order valence-corrected chi connectivity index (χ3v) is 3.44. The highest BCUT2D eigenvalue weighted by molar-refractivity contribution is 5.98. The molecule has 1 saturated heterocycles. The van der Waals surface area contributed by atoms with Crippen molar-refractivity contribution >= 4 is 11.6 Å². The Kier molecular flexibility index (Phi) is 3.14. The normalized spacial score (nSPS) is 26.4. The summed E-state index contributed by atoms with van der Waals surface area (Å²) in [6.07, 6.45) is 1.31. The van der Waals surface area contributed by atoms with Crippen LogP contribution in [0.15, 0.2) is 18.2 Å². The second kappa shape index (κ2) is 4.80. The van der Waals surface area contributed by atoms with E-state index in [2.05, 4.69) is 0 Å². The van der Waals surface area contributed by atoms with E-state index in [4.69, 9.17) is 15.2 Å². The van der Waals surface area contributed by atoms with Crippen molar-refractivity contribution in [1.82, 2.24) is 0 Å². The summed E-state index contributed by atoms with van der Waals surface area (Å²) in [5.74, 6) is 0.130. The monoisotopic (exact) mass is 264 g/mol. The molecule has 0 radical (unpaired) electrons. The maximum Gasteiger partial charge on any atom is 0.267 e. The Balaban J connectivity index is 1.84. The summed E-state index contributed by atoms with van der Waals surface area (Å²) >= 11 is 0.